The summed E-state index contributed by atoms with van der Waals surface area (Å²) in [5.41, 5.74) is 2.45. The summed E-state index contributed by atoms with van der Waals surface area (Å²) in [5.74, 6) is 0.463. The number of benzene rings is 1. The Morgan fingerprint density at radius 2 is 2.00 bits per heavy atom. The first-order chi connectivity index (χ1) is 8.75. The third-order valence-electron chi connectivity index (χ3n) is 2.88. The van der Waals surface area contributed by atoms with Crippen LogP contribution in [0.3, 0.4) is 0 Å². The molecule has 3 nitrogen and oxygen atoms in total. The Bertz CT molecular complexity index is 449. The van der Waals surface area contributed by atoms with Crippen LogP contribution in [0.25, 0.3) is 0 Å². The first-order valence-corrected chi connectivity index (χ1v) is 7.13. The summed E-state index contributed by atoms with van der Waals surface area (Å²) >= 11 is 3.23. The topological polar surface area (TPSA) is 35.5 Å². The standard InChI is InChI=1S/C15H21BrO3/c1-10-8-11(15(2,3)4)6-7-13(10)19-9-12(16)14(17)18-5/h6-8,12H,9H2,1-5H3. The molecule has 4 heteroatoms. The van der Waals surface area contributed by atoms with Gasteiger partial charge in [0.15, 0.2) is 0 Å². The quantitative estimate of drug-likeness (QED) is 0.625. The molecule has 0 saturated carbocycles. The lowest BCUT2D eigenvalue weighted by Crippen LogP contribution is -2.23. The second kappa shape index (κ2) is 6.42. The van der Waals surface area contributed by atoms with Crippen LogP contribution in [0.5, 0.6) is 5.75 Å². The largest absolute Gasteiger partial charge is 0.492 e. The number of alkyl halides is 1. The summed E-state index contributed by atoms with van der Waals surface area (Å²) in [6.07, 6.45) is 0. The van der Waals surface area contributed by atoms with Crippen molar-refractivity contribution in [3.8, 4) is 5.75 Å². The Balaban J connectivity index is 2.73. The maximum atomic E-state index is 11.3. The summed E-state index contributed by atoms with van der Waals surface area (Å²) in [6.45, 7) is 8.78. The van der Waals surface area contributed by atoms with Crippen molar-refractivity contribution in [2.75, 3.05) is 13.7 Å². The molecule has 0 saturated heterocycles. The van der Waals surface area contributed by atoms with Crippen molar-refractivity contribution >= 4 is 21.9 Å². The number of carbonyl (C=O) groups is 1. The van der Waals surface area contributed by atoms with Crippen LogP contribution in [0.1, 0.15) is 31.9 Å². The van der Waals surface area contributed by atoms with Crippen molar-refractivity contribution < 1.29 is 14.3 Å². The molecule has 1 atom stereocenters. The van der Waals surface area contributed by atoms with Gasteiger partial charge in [-0.15, -0.1) is 0 Å². The zero-order valence-electron chi connectivity index (χ0n) is 12.1. The van der Waals surface area contributed by atoms with Gasteiger partial charge >= 0.3 is 5.97 Å². The Labute approximate surface area is 123 Å². The molecule has 1 aromatic rings. The summed E-state index contributed by atoms with van der Waals surface area (Å²) < 4.78 is 10.3. The fraction of sp³-hybridized carbons (Fsp3) is 0.533. The molecule has 1 unspecified atom stereocenters. The molecular weight excluding hydrogens is 308 g/mol. The van der Waals surface area contributed by atoms with E-state index in [4.69, 9.17) is 4.74 Å². The van der Waals surface area contributed by atoms with E-state index in [0.717, 1.165) is 11.3 Å². The van der Waals surface area contributed by atoms with E-state index < -0.39 is 4.83 Å². The van der Waals surface area contributed by atoms with Crippen LogP contribution in [-0.2, 0) is 14.9 Å². The minimum Gasteiger partial charge on any atom is -0.492 e. The van der Waals surface area contributed by atoms with E-state index in [0.29, 0.717) is 0 Å². The highest BCUT2D eigenvalue weighted by atomic mass is 79.9. The number of methoxy groups -OCH3 is 1. The molecule has 1 rings (SSSR count). The average Bonchev–Trinajstić information content (AvgIpc) is 2.34. The average molecular weight is 329 g/mol. The van der Waals surface area contributed by atoms with Gasteiger partial charge in [-0.2, -0.15) is 0 Å². The number of esters is 1. The molecule has 0 spiro atoms. The highest BCUT2D eigenvalue weighted by Crippen LogP contribution is 2.27. The zero-order chi connectivity index (χ0) is 14.6. The molecule has 19 heavy (non-hydrogen) atoms. The van der Waals surface area contributed by atoms with Gasteiger partial charge in [0.05, 0.1) is 7.11 Å². The fourth-order valence-electron chi connectivity index (χ4n) is 1.64. The van der Waals surface area contributed by atoms with Crippen LogP contribution < -0.4 is 4.74 Å². The van der Waals surface area contributed by atoms with Crippen LogP contribution >= 0.6 is 15.9 Å². The van der Waals surface area contributed by atoms with Gasteiger partial charge in [-0.3, -0.25) is 4.79 Å². The number of hydrogen-bond acceptors (Lipinski definition) is 3. The number of halogens is 1. The SMILES string of the molecule is COC(=O)C(Br)COc1ccc(C(C)(C)C)cc1C. The smallest absolute Gasteiger partial charge is 0.322 e. The third-order valence-corrected chi connectivity index (χ3v) is 3.52. The lowest BCUT2D eigenvalue weighted by molar-refractivity contribution is -0.140. The molecule has 0 radical (unpaired) electrons. The van der Waals surface area contributed by atoms with Crippen LogP contribution in [0.15, 0.2) is 18.2 Å². The summed E-state index contributed by atoms with van der Waals surface area (Å²) in [6, 6.07) is 6.13. The van der Waals surface area contributed by atoms with E-state index in [1.54, 1.807) is 0 Å². The highest BCUT2D eigenvalue weighted by molar-refractivity contribution is 9.10. The van der Waals surface area contributed by atoms with Crippen LogP contribution in [-0.4, -0.2) is 24.5 Å². The van der Waals surface area contributed by atoms with E-state index in [1.165, 1.54) is 12.7 Å². The number of aryl methyl sites for hydroxylation is 1. The summed E-state index contributed by atoms with van der Waals surface area (Å²) in [7, 11) is 1.36. The van der Waals surface area contributed by atoms with Gasteiger partial charge in [-0.1, -0.05) is 48.8 Å². The van der Waals surface area contributed by atoms with Crippen molar-refractivity contribution in [1.82, 2.24) is 0 Å². The van der Waals surface area contributed by atoms with E-state index in [9.17, 15) is 4.79 Å². The highest BCUT2D eigenvalue weighted by Gasteiger charge is 2.18. The molecule has 0 aliphatic carbocycles. The minimum absolute atomic E-state index is 0.118. The lowest BCUT2D eigenvalue weighted by Gasteiger charge is -2.21. The number of carbonyl (C=O) groups excluding carboxylic acids is 1. The Morgan fingerprint density at radius 1 is 1.37 bits per heavy atom. The number of hydrogen-bond donors (Lipinski definition) is 0. The molecule has 0 aromatic heterocycles. The molecule has 0 amide bonds. The van der Waals surface area contributed by atoms with Crippen molar-refractivity contribution in [2.45, 2.75) is 37.9 Å². The fourth-order valence-corrected chi connectivity index (χ4v) is 1.96. The van der Waals surface area contributed by atoms with Crippen LogP contribution in [0.4, 0.5) is 0 Å². The molecule has 0 bridgehead atoms. The van der Waals surface area contributed by atoms with Crippen LogP contribution in [0.2, 0.25) is 0 Å². The lowest BCUT2D eigenvalue weighted by atomic mass is 9.86. The van der Waals surface area contributed by atoms with Crippen LogP contribution in [0, 0.1) is 6.92 Å². The summed E-state index contributed by atoms with van der Waals surface area (Å²) in [4.78, 5) is 10.8. The predicted octanol–water partition coefficient (Wildman–Crippen LogP) is 3.61. The van der Waals surface area contributed by atoms with Gasteiger partial charge in [0, 0.05) is 0 Å². The van der Waals surface area contributed by atoms with E-state index in [2.05, 4.69) is 53.6 Å². The van der Waals surface area contributed by atoms with Gasteiger partial charge in [0.1, 0.15) is 17.2 Å². The number of rotatable bonds is 4. The Morgan fingerprint density at radius 3 is 2.47 bits per heavy atom. The first-order valence-electron chi connectivity index (χ1n) is 6.21. The van der Waals surface area contributed by atoms with E-state index in [1.807, 2.05) is 13.0 Å². The van der Waals surface area contributed by atoms with Gasteiger partial charge in [0.25, 0.3) is 0 Å². The molecule has 1 aromatic carbocycles. The minimum atomic E-state index is -0.445. The van der Waals surface area contributed by atoms with E-state index in [-0.39, 0.29) is 18.0 Å². The molecule has 0 aliphatic rings. The van der Waals surface area contributed by atoms with Gasteiger partial charge in [-0.25, -0.2) is 0 Å². The molecule has 0 N–H and O–H groups in total. The van der Waals surface area contributed by atoms with Gasteiger partial charge < -0.3 is 9.47 Å². The zero-order valence-corrected chi connectivity index (χ0v) is 13.7. The second-order valence-corrected chi connectivity index (χ2v) is 6.64. The first kappa shape index (κ1) is 16.0. The van der Waals surface area contributed by atoms with Gasteiger partial charge in [-0.05, 0) is 29.5 Å². The molecule has 0 aliphatic heterocycles. The Hall–Kier alpha value is -1.03. The molecular formula is C15H21BrO3. The van der Waals surface area contributed by atoms with E-state index >= 15 is 0 Å². The molecule has 106 valence electrons. The monoisotopic (exact) mass is 328 g/mol. The normalized spacial score (nSPS) is 12.9. The Kier molecular flexibility index (Phi) is 5.41. The van der Waals surface area contributed by atoms with Crippen molar-refractivity contribution in [3.05, 3.63) is 29.3 Å². The third kappa shape index (κ3) is 4.53. The molecule has 0 fully saturated rings. The predicted molar refractivity (Wildman–Crippen MR) is 80.1 cm³/mol. The van der Waals surface area contributed by atoms with Crippen molar-refractivity contribution in [1.29, 1.82) is 0 Å². The molecule has 0 heterocycles. The maximum absolute atomic E-state index is 11.3. The second-order valence-electron chi connectivity index (χ2n) is 5.53. The van der Waals surface area contributed by atoms with Gasteiger partial charge in [0.2, 0.25) is 0 Å². The van der Waals surface area contributed by atoms with Crippen molar-refractivity contribution in [2.24, 2.45) is 0 Å². The summed E-state index contributed by atoms with van der Waals surface area (Å²) in [5, 5.41) is 0. The maximum Gasteiger partial charge on any atom is 0.322 e. The number of ether oxygens (including phenoxy) is 2. The van der Waals surface area contributed by atoms with Crippen molar-refractivity contribution in [3.63, 3.8) is 0 Å².